The fourth-order valence-corrected chi connectivity index (χ4v) is 1.35. The summed E-state index contributed by atoms with van der Waals surface area (Å²) in [5.41, 5.74) is -0.0609. The highest BCUT2D eigenvalue weighted by Gasteiger charge is 2.16. The zero-order valence-electron chi connectivity index (χ0n) is 7.41. The van der Waals surface area contributed by atoms with Crippen molar-refractivity contribution in [2.45, 2.75) is 6.43 Å². The summed E-state index contributed by atoms with van der Waals surface area (Å²) in [6, 6.07) is 3.86. The van der Waals surface area contributed by atoms with Gasteiger partial charge in [-0.3, -0.25) is 0 Å². The van der Waals surface area contributed by atoms with E-state index < -0.39 is 12.4 Å². The molecular weight excluding hydrogens is 206 g/mol. The summed E-state index contributed by atoms with van der Waals surface area (Å²) in [6.07, 6.45) is -1.73. The Morgan fingerprint density at radius 3 is 2.73 bits per heavy atom. The number of carboxylic acids is 1. The van der Waals surface area contributed by atoms with Gasteiger partial charge in [-0.1, -0.05) is 0 Å². The molecule has 0 amide bonds. The van der Waals surface area contributed by atoms with Crippen molar-refractivity contribution in [1.29, 1.82) is 0 Å². The Labute approximate surface area is 82.9 Å². The standard InChI is InChI=1S/C10H6F2O3/c11-9(12)7-4-15-8-2-1-5(10(13)14)3-6(7)8/h1-4,9H,(H,13,14). The maximum absolute atomic E-state index is 12.5. The van der Waals surface area contributed by atoms with Crippen molar-refractivity contribution >= 4 is 16.9 Å². The minimum Gasteiger partial charge on any atom is -0.478 e. The second-order valence-corrected chi connectivity index (χ2v) is 3.01. The lowest BCUT2D eigenvalue weighted by Crippen LogP contribution is -1.95. The fraction of sp³-hybridized carbons (Fsp3) is 0.100. The molecule has 2 rings (SSSR count). The van der Waals surface area contributed by atoms with Gasteiger partial charge in [0, 0.05) is 5.39 Å². The van der Waals surface area contributed by atoms with Crippen LogP contribution in [0.3, 0.4) is 0 Å². The molecule has 1 heterocycles. The van der Waals surface area contributed by atoms with Crippen LogP contribution in [0.15, 0.2) is 28.9 Å². The Bertz CT molecular complexity index is 516. The number of hydrogen-bond acceptors (Lipinski definition) is 2. The monoisotopic (exact) mass is 212 g/mol. The van der Waals surface area contributed by atoms with Gasteiger partial charge in [-0.15, -0.1) is 0 Å². The van der Waals surface area contributed by atoms with E-state index in [1.165, 1.54) is 18.2 Å². The van der Waals surface area contributed by atoms with Gasteiger partial charge >= 0.3 is 5.97 Å². The summed E-state index contributed by atoms with van der Waals surface area (Å²) in [4.78, 5) is 10.6. The molecule has 1 N–H and O–H groups in total. The Balaban J connectivity index is 2.66. The lowest BCUT2D eigenvalue weighted by Gasteiger charge is -1.96. The number of fused-ring (bicyclic) bond motifs is 1. The zero-order valence-corrected chi connectivity index (χ0v) is 7.41. The maximum Gasteiger partial charge on any atom is 0.335 e. The van der Waals surface area contributed by atoms with Crippen LogP contribution in [0.4, 0.5) is 8.78 Å². The summed E-state index contributed by atoms with van der Waals surface area (Å²) >= 11 is 0. The minimum absolute atomic E-state index is 0.0363. The van der Waals surface area contributed by atoms with Crippen molar-refractivity contribution < 1.29 is 23.1 Å². The average Bonchev–Trinajstić information content (AvgIpc) is 2.59. The van der Waals surface area contributed by atoms with Crippen LogP contribution in [0, 0.1) is 0 Å². The first kappa shape index (κ1) is 9.64. The normalized spacial score (nSPS) is 11.1. The minimum atomic E-state index is -2.67. The topological polar surface area (TPSA) is 50.4 Å². The van der Waals surface area contributed by atoms with E-state index in [0.717, 1.165) is 6.26 Å². The van der Waals surface area contributed by atoms with Crippen molar-refractivity contribution in [3.63, 3.8) is 0 Å². The van der Waals surface area contributed by atoms with Crippen molar-refractivity contribution in [3.8, 4) is 0 Å². The Hall–Kier alpha value is -1.91. The molecule has 0 aliphatic heterocycles. The molecule has 1 aromatic heterocycles. The largest absolute Gasteiger partial charge is 0.478 e. The summed E-state index contributed by atoms with van der Waals surface area (Å²) in [6.45, 7) is 0. The molecule has 3 nitrogen and oxygen atoms in total. The first-order chi connectivity index (χ1) is 7.09. The van der Waals surface area contributed by atoms with Crippen LogP contribution >= 0.6 is 0 Å². The first-order valence-electron chi connectivity index (χ1n) is 4.12. The molecule has 0 aliphatic carbocycles. The number of carboxylic acid groups (broad SMARTS) is 1. The summed E-state index contributed by atoms with van der Waals surface area (Å²) in [5, 5.41) is 8.84. The molecule has 0 radical (unpaired) electrons. The average molecular weight is 212 g/mol. The van der Waals surface area contributed by atoms with Crippen LogP contribution in [-0.4, -0.2) is 11.1 Å². The smallest absolute Gasteiger partial charge is 0.335 e. The third kappa shape index (κ3) is 1.56. The van der Waals surface area contributed by atoms with E-state index in [2.05, 4.69) is 0 Å². The Morgan fingerprint density at radius 2 is 2.13 bits per heavy atom. The number of furan rings is 1. The molecule has 0 spiro atoms. The highest BCUT2D eigenvalue weighted by molar-refractivity contribution is 5.94. The Kier molecular flexibility index (Phi) is 2.15. The highest BCUT2D eigenvalue weighted by Crippen LogP contribution is 2.30. The summed E-state index contributed by atoms with van der Waals surface area (Å²) < 4.78 is 29.8. The van der Waals surface area contributed by atoms with Crippen LogP contribution in [-0.2, 0) is 0 Å². The predicted octanol–water partition coefficient (Wildman–Crippen LogP) is 3.07. The number of benzene rings is 1. The van der Waals surface area contributed by atoms with E-state index in [4.69, 9.17) is 9.52 Å². The van der Waals surface area contributed by atoms with Crippen molar-refractivity contribution in [3.05, 3.63) is 35.6 Å². The molecule has 2 aromatic rings. The van der Waals surface area contributed by atoms with Crippen molar-refractivity contribution in [2.75, 3.05) is 0 Å². The lowest BCUT2D eigenvalue weighted by molar-refractivity contribution is 0.0697. The molecule has 15 heavy (non-hydrogen) atoms. The number of hydrogen-bond donors (Lipinski definition) is 1. The summed E-state index contributed by atoms with van der Waals surface area (Å²) in [7, 11) is 0. The van der Waals surface area contributed by atoms with Gasteiger partial charge < -0.3 is 9.52 Å². The highest BCUT2D eigenvalue weighted by atomic mass is 19.3. The van der Waals surface area contributed by atoms with Crippen LogP contribution in [0.5, 0.6) is 0 Å². The fourth-order valence-electron chi connectivity index (χ4n) is 1.35. The van der Waals surface area contributed by atoms with E-state index in [-0.39, 0.29) is 22.1 Å². The van der Waals surface area contributed by atoms with E-state index in [0.29, 0.717) is 0 Å². The molecule has 78 valence electrons. The second kappa shape index (κ2) is 3.34. The van der Waals surface area contributed by atoms with Gasteiger partial charge in [-0.2, -0.15) is 0 Å². The number of carbonyl (C=O) groups is 1. The molecular formula is C10H6F2O3. The van der Waals surface area contributed by atoms with Gasteiger partial charge in [0.25, 0.3) is 6.43 Å². The Morgan fingerprint density at radius 1 is 1.40 bits per heavy atom. The molecule has 0 atom stereocenters. The molecule has 5 heteroatoms. The zero-order chi connectivity index (χ0) is 11.0. The molecule has 0 aliphatic rings. The van der Waals surface area contributed by atoms with Gasteiger partial charge in [0.1, 0.15) is 11.8 Å². The number of halogens is 2. The van der Waals surface area contributed by atoms with Crippen LogP contribution in [0.1, 0.15) is 22.3 Å². The first-order valence-corrected chi connectivity index (χ1v) is 4.12. The predicted molar refractivity (Wildman–Crippen MR) is 48.1 cm³/mol. The molecule has 0 saturated heterocycles. The number of aromatic carboxylic acids is 1. The number of alkyl halides is 2. The molecule has 0 fully saturated rings. The third-order valence-electron chi connectivity index (χ3n) is 2.09. The van der Waals surface area contributed by atoms with Crippen LogP contribution in [0.25, 0.3) is 11.0 Å². The van der Waals surface area contributed by atoms with E-state index >= 15 is 0 Å². The van der Waals surface area contributed by atoms with Crippen molar-refractivity contribution in [1.82, 2.24) is 0 Å². The van der Waals surface area contributed by atoms with Crippen molar-refractivity contribution in [2.24, 2.45) is 0 Å². The second-order valence-electron chi connectivity index (χ2n) is 3.01. The SMILES string of the molecule is O=C(O)c1ccc2occ(C(F)F)c2c1. The van der Waals surface area contributed by atoms with Gasteiger partial charge in [0.2, 0.25) is 0 Å². The molecule has 0 bridgehead atoms. The van der Waals surface area contributed by atoms with Gasteiger partial charge in [-0.25, -0.2) is 13.6 Å². The quantitative estimate of drug-likeness (QED) is 0.832. The maximum atomic E-state index is 12.5. The van der Waals surface area contributed by atoms with Gasteiger partial charge in [0.05, 0.1) is 11.1 Å². The molecule has 0 unspecified atom stereocenters. The van der Waals surface area contributed by atoms with Gasteiger partial charge in [0.15, 0.2) is 0 Å². The lowest BCUT2D eigenvalue weighted by atomic mass is 10.1. The van der Waals surface area contributed by atoms with Crippen LogP contribution < -0.4 is 0 Å². The molecule has 0 saturated carbocycles. The van der Waals surface area contributed by atoms with E-state index in [9.17, 15) is 13.6 Å². The van der Waals surface area contributed by atoms with Crippen LogP contribution in [0.2, 0.25) is 0 Å². The van der Waals surface area contributed by atoms with Gasteiger partial charge in [-0.05, 0) is 18.2 Å². The summed E-state index contributed by atoms with van der Waals surface area (Å²) in [5.74, 6) is -1.15. The third-order valence-corrected chi connectivity index (χ3v) is 2.09. The molecule has 1 aromatic carbocycles. The number of rotatable bonds is 2. The van der Waals surface area contributed by atoms with E-state index in [1.807, 2.05) is 0 Å². The van der Waals surface area contributed by atoms with E-state index in [1.54, 1.807) is 0 Å².